The topological polar surface area (TPSA) is 12.0 Å². The second-order valence-corrected chi connectivity index (χ2v) is 6.47. The first-order valence-corrected chi connectivity index (χ1v) is 7.98. The maximum absolute atomic E-state index is 3.57. The Morgan fingerprint density at radius 2 is 2.06 bits per heavy atom. The highest BCUT2D eigenvalue weighted by Crippen LogP contribution is 2.32. The Morgan fingerprint density at radius 1 is 1.28 bits per heavy atom. The van der Waals surface area contributed by atoms with Gasteiger partial charge in [0.2, 0.25) is 0 Å². The van der Waals surface area contributed by atoms with Crippen LogP contribution in [-0.4, -0.2) is 13.6 Å². The summed E-state index contributed by atoms with van der Waals surface area (Å²) in [5.74, 6) is 1.72. The number of halogens is 1. The molecule has 1 nitrogen and oxygen atoms in total. The van der Waals surface area contributed by atoms with Crippen LogP contribution in [0.4, 0.5) is 0 Å². The molecular weight excluding hydrogens is 286 g/mol. The zero-order chi connectivity index (χ0) is 12.8. The molecule has 1 atom stereocenters. The summed E-state index contributed by atoms with van der Waals surface area (Å²) < 4.78 is 1.20. The molecule has 2 heteroatoms. The first-order valence-electron chi connectivity index (χ1n) is 7.18. The average molecular weight is 310 g/mol. The van der Waals surface area contributed by atoms with E-state index in [0.29, 0.717) is 0 Å². The molecule has 1 aromatic carbocycles. The molecule has 1 saturated carbocycles. The molecule has 0 spiro atoms. The Labute approximate surface area is 119 Å². The van der Waals surface area contributed by atoms with Crippen molar-refractivity contribution in [1.29, 1.82) is 0 Å². The molecule has 0 heterocycles. The van der Waals surface area contributed by atoms with Crippen LogP contribution in [0.5, 0.6) is 0 Å². The van der Waals surface area contributed by atoms with Crippen molar-refractivity contribution in [2.24, 2.45) is 11.8 Å². The van der Waals surface area contributed by atoms with Gasteiger partial charge in [-0.1, -0.05) is 60.2 Å². The van der Waals surface area contributed by atoms with Crippen molar-refractivity contribution >= 4 is 15.9 Å². The van der Waals surface area contributed by atoms with Gasteiger partial charge < -0.3 is 5.32 Å². The van der Waals surface area contributed by atoms with Crippen LogP contribution in [-0.2, 0) is 6.42 Å². The van der Waals surface area contributed by atoms with E-state index in [1.165, 1.54) is 48.6 Å². The summed E-state index contributed by atoms with van der Waals surface area (Å²) in [6.45, 7) is 1.15. The second-order valence-electron chi connectivity index (χ2n) is 5.55. The van der Waals surface area contributed by atoms with Gasteiger partial charge in [-0.3, -0.25) is 0 Å². The van der Waals surface area contributed by atoms with Gasteiger partial charge in [-0.2, -0.15) is 0 Å². The van der Waals surface area contributed by atoms with Crippen LogP contribution in [0.2, 0.25) is 0 Å². The van der Waals surface area contributed by atoms with Crippen molar-refractivity contribution in [3.8, 4) is 0 Å². The van der Waals surface area contributed by atoms with Gasteiger partial charge in [0, 0.05) is 4.47 Å². The third-order valence-corrected chi connectivity index (χ3v) is 4.66. The zero-order valence-electron chi connectivity index (χ0n) is 11.3. The minimum Gasteiger partial charge on any atom is -0.319 e. The quantitative estimate of drug-likeness (QED) is 0.849. The molecule has 18 heavy (non-hydrogen) atoms. The maximum atomic E-state index is 3.57. The fourth-order valence-corrected chi connectivity index (χ4v) is 3.69. The van der Waals surface area contributed by atoms with Crippen LogP contribution in [0.3, 0.4) is 0 Å². The van der Waals surface area contributed by atoms with E-state index in [2.05, 4.69) is 52.6 Å². The van der Waals surface area contributed by atoms with E-state index < -0.39 is 0 Å². The zero-order valence-corrected chi connectivity index (χ0v) is 12.9. The van der Waals surface area contributed by atoms with Gasteiger partial charge in [0.1, 0.15) is 0 Å². The average Bonchev–Trinajstić information content (AvgIpc) is 2.39. The van der Waals surface area contributed by atoms with Gasteiger partial charge in [-0.25, -0.2) is 0 Å². The number of nitrogens with one attached hydrogen (secondary N) is 1. The van der Waals surface area contributed by atoms with Gasteiger partial charge in [0.05, 0.1) is 0 Å². The normalized spacial score (nSPS) is 18.8. The maximum Gasteiger partial charge on any atom is 0.0177 e. The highest BCUT2D eigenvalue weighted by Gasteiger charge is 2.23. The van der Waals surface area contributed by atoms with Crippen molar-refractivity contribution in [2.45, 2.75) is 38.5 Å². The van der Waals surface area contributed by atoms with E-state index in [0.717, 1.165) is 18.4 Å². The van der Waals surface area contributed by atoms with Crippen molar-refractivity contribution in [3.05, 3.63) is 34.3 Å². The first kappa shape index (κ1) is 14.1. The Kier molecular flexibility index (Phi) is 5.71. The molecule has 100 valence electrons. The van der Waals surface area contributed by atoms with Crippen molar-refractivity contribution in [1.82, 2.24) is 5.32 Å². The molecule has 1 aromatic rings. The molecule has 0 aliphatic heterocycles. The molecule has 0 radical (unpaired) electrons. The highest BCUT2D eigenvalue weighted by molar-refractivity contribution is 9.10. The summed E-state index contributed by atoms with van der Waals surface area (Å²) in [4.78, 5) is 0. The van der Waals surface area contributed by atoms with Crippen LogP contribution >= 0.6 is 15.9 Å². The van der Waals surface area contributed by atoms with Gasteiger partial charge in [0.15, 0.2) is 0 Å². The Hall–Kier alpha value is -0.340. The van der Waals surface area contributed by atoms with Gasteiger partial charge >= 0.3 is 0 Å². The highest BCUT2D eigenvalue weighted by atomic mass is 79.9. The Morgan fingerprint density at radius 3 is 2.72 bits per heavy atom. The van der Waals surface area contributed by atoms with E-state index in [1.807, 2.05) is 0 Å². The number of hydrogen-bond acceptors (Lipinski definition) is 1. The lowest BCUT2D eigenvalue weighted by Crippen LogP contribution is -2.29. The predicted octanol–water partition coefficient (Wildman–Crippen LogP) is 4.41. The number of hydrogen-bond donors (Lipinski definition) is 1. The van der Waals surface area contributed by atoms with Crippen molar-refractivity contribution in [3.63, 3.8) is 0 Å². The summed E-state index contributed by atoms with van der Waals surface area (Å²) >= 11 is 3.57. The lowest BCUT2D eigenvalue weighted by molar-refractivity contribution is 0.243. The molecule has 0 saturated heterocycles. The first-order chi connectivity index (χ1) is 8.79. The SMILES string of the molecule is CNCC(Cc1cccc(Br)c1)C1CCCCC1. The third-order valence-electron chi connectivity index (χ3n) is 4.17. The van der Waals surface area contributed by atoms with Gasteiger partial charge in [-0.15, -0.1) is 0 Å². The molecule has 1 fully saturated rings. The molecule has 0 aromatic heterocycles. The summed E-state index contributed by atoms with van der Waals surface area (Å²) in [5, 5.41) is 3.39. The van der Waals surface area contributed by atoms with Crippen LogP contribution in [0.15, 0.2) is 28.7 Å². The standard InChI is InChI=1S/C16H24BrN/c1-18-12-15(14-7-3-2-4-8-14)10-13-6-5-9-16(17)11-13/h5-6,9,11,14-15,18H,2-4,7-8,10,12H2,1H3. The fourth-order valence-electron chi connectivity index (χ4n) is 3.24. The molecular formula is C16H24BrN. The van der Waals surface area contributed by atoms with E-state index >= 15 is 0 Å². The molecule has 0 amide bonds. The predicted molar refractivity (Wildman–Crippen MR) is 81.8 cm³/mol. The largest absolute Gasteiger partial charge is 0.319 e. The number of benzene rings is 1. The van der Waals surface area contributed by atoms with Crippen LogP contribution in [0.25, 0.3) is 0 Å². The van der Waals surface area contributed by atoms with E-state index in [9.17, 15) is 0 Å². The molecule has 1 unspecified atom stereocenters. The summed E-state index contributed by atoms with van der Waals surface area (Å²) in [6.07, 6.45) is 8.39. The van der Waals surface area contributed by atoms with E-state index in [-0.39, 0.29) is 0 Å². The Balaban J connectivity index is 2.00. The third kappa shape index (κ3) is 4.10. The van der Waals surface area contributed by atoms with Crippen LogP contribution in [0, 0.1) is 11.8 Å². The minimum absolute atomic E-state index is 0.796. The molecule has 1 aliphatic rings. The lowest BCUT2D eigenvalue weighted by Gasteiger charge is -2.30. The molecule has 1 aliphatic carbocycles. The molecule has 1 N–H and O–H groups in total. The minimum atomic E-state index is 0.796. The molecule has 2 rings (SSSR count). The second kappa shape index (κ2) is 7.30. The number of rotatable bonds is 5. The van der Waals surface area contributed by atoms with Gasteiger partial charge in [-0.05, 0) is 49.5 Å². The lowest BCUT2D eigenvalue weighted by atomic mass is 9.77. The van der Waals surface area contributed by atoms with E-state index in [1.54, 1.807) is 0 Å². The smallest absolute Gasteiger partial charge is 0.0177 e. The van der Waals surface area contributed by atoms with E-state index in [4.69, 9.17) is 0 Å². The van der Waals surface area contributed by atoms with Crippen molar-refractivity contribution in [2.75, 3.05) is 13.6 Å². The summed E-state index contributed by atoms with van der Waals surface area (Å²) in [6, 6.07) is 8.79. The van der Waals surface area contributed by atoms with Crippen molar-refractivity contribution < 1.29 is 0 Å². The van der Waals surface area contributed by atoms with Gasteiger partial charge in [0.25, 0.3) is 0 Å². The monoisotopic (exact) mass is 309 g/mol. The summed E-state index contributed by atoms with van der Waals surface area (Å²) in [5.41, 5.74) is 1.47. The fraction of sp³-hybridized carbons (Fsp3) is 0.625. The summed E-state index contributed by atoms with van der Waals surface area (Å²) in [7, 11) is 2.08. The Bertz CT molecular complexity index is 358. The van der Waals surface area contributed by atoms with Crippen LogP contribution < -0.4 is 5.32 Å². The molecule has 0 bridgehead atoms. The van der Waals surface area contributed by atoms with Crippen LogP contribution in [0.1, 0.15) is 37.7 Å².